The number of aromatic nitrogens is 2. The molecule has 0 unspecified atom stereocenters. The molecule has 1 amide bonds. The number of aromatic amines is 1. The monoisotopic (exact) mass is 211 g/mol. The molecule has 1 aromatic heterocycles. The molecular weight excluding hydrogens is 194 g/mol. The Bertz CT molecular complexity index is 339. The van der Waals surface area contributed by atoms with Crippen molar-refractivity contribution in [3.63, 3.8) is 0 Å². The molecule has 0 radical (unpaired) electrons. The van der Waals surface area contributed by atoms with Gasteiger partial charge in [0.15, 0.2) is 5.82 Å². The van der Waals surface area contributed by atoms with Gasteiger partial charge in [-0.15, -0.1) is 0 Å². The van der Waals surface area contributed by atoms with Crippen LogP contribution in [-0.4, -0.2) is 22.9 Å². The van der Waals surface area contributed by atoms with Crippen molar-refractivity contribution in [3.8, 4) is 0 Å². The summed E-state index contributed by atoms with van der Waals surface area (Å²) in [7, 11) is 0. The standard InChI is InChI=1S/C10H17N3O2/c1-5-15-9(14)11-8-6-7(12-13-8)10(2,3)4/h6H,5H2,1-4H3,(H2,11,12,13,14). The van der Waals surface area contributed by atoms with Gasteiger partial charge >= 0.3 is 6.09 Å². The Hall–Kier alpha value is -1.52. The Morgan fingerprint density at radius 2 is 2.27 bits per heavy atom. The van der Waals surface area contributed by atoms with Crippen LogP contribution in [0.2, 0.25) is 0 Å². The highest BCUT2D eigenvalue weighted by Crippen LogP contribution is 2.21. The van der Waals surface area contributed by atoms with E-state index in [0.717, 1.165) is 5.69 Å². The molecule has 0 fully saturated rings. The van der Waals surface area contributed by atoms with Crippen molar-refractivity contribution in [1.29, 1.82) is 0 Å². The van der Waals surface area contributed by atoms with Crippen molar-refractivity contribution in [2.45, 2.75) is 33.1 Å². The number of anilines is 1. The van der Waals surface area contributed by atoms with E-state index >= 15 is 0 Å². The summed E-state index contributed by atoms with van der Waals surface area (Å²) in [6, 6.07) is 1.80. The van der Waals surface area contributed by atoms with Gasteiger partial charge in [0.1, 0.15) is 0 Å². The Morgan fingerprint density at radius 1 is 1.60 bits per heavy atom. The smallest absolute Gasteiger partial charge is 0.412 e. The normalized spacial score (nSPS) is 11.2. The minimum atomic E-state index is -0.482. The van der Waals surface area contributed by atoms with Gasteiger partial charge in [0.05, 0.1) is 6.61 Å². The Kier molecular flexibility index (Phi) is 3.34. The molecular formula is C10H17N3O2. The van der Waals surface area contributed by atoms with Crippen LogP contribution in [0, 0.1) is 0 Å². The maximum Gasteiger partial charge on any atom is 0.412 e. The van der Waals surface area contributed by atoms with Crippen molar-refractivity contribution in [2.75, 3.05) is 11.9 Å². The molecule has 5 nitrogen and oxygen atoms in total. The van der Waals surface area contributed by atoms with Crippen molar-refractivity contribution < 1.29 is 9.53 Å². The van der Waals surface area contributed by atoms with Gasteiger partial charge in [-0.25, -0.2) is 4.79 Å². The lowest BCUT2D eigenvalue weighted by atomic mass is 9.92. The second-order valence-electron chi connectivity index (χ2n) is 4.26. The molecule has 0 aliphatic heterocycles. The fourth-order valence-corrected chi connectivity index (χ4v) is 1.04. The van der Waals surface area contributed by atoms with Crippen LogP contribution in [0.4, 0.5) is 10.6 Å². The van der Waals surface area contributed by atoms with Gasteiger partial charge in [-0.1, -0.05) is 20.8 Å². The van der Waals surface area contributed by atoms with E-state index in [-0.39, 0.29) is 5.41 Å². The first kappa shape index (κ1) is 11.6. The van der Waals surface area contributed by atoms with Crippen molar-refractivity contribution >= 4 is 11.9 Å². The van der Waals surface area contributed by atoms with Crippen LogP contribution in [0.15, 0.2) is 6.07 Å². The van der Waals surface area contributed by atoms with E-state index in [0.29, 0.717) is 12.4 Å². The van der Waals surface area contributed by atoms with Crippen molar-refractivity contribution in [2.24, 2.45) is 0 Å². The van der Waals surface area contributed by atoms with E-state index in [9.17, 15) is 4.79 Å². The van der Waals surface area contributed by atoms with Crippen LogP contribution >= 0.6 is 0 Å². The topological polar surface area (TPSA) is 67.0 Å². The highest BCUT2D eigenvalue weighted by Gasteiger charge is 2.17. The van der Waals surface area contributed by atoms with Gasteiger partial charge in [-0.05, 0) is 6.92 Å². The second-order valence-corrected chi connectivity index (χ2v) is 4.26. The van der Waals surface area contributed by atoms with Crippen LogP contribution in [0.25, 0.3) is 0 Å². The highest BCUT2D eigenvalue weighted by molar-refractivity contribution is 5.83. The third kappa shape index (κ3) is 3.27. The van der Waals surface area contributed by atoms with Crippen LogP contribution in [0.3, 0.4) is 0 Å². The molecule has 0 aromatic carbocycles. The molecule has 0 saturated heterocycles. The van der Waals surface area contributed by atoms with Crippen molar-refractivity contribution in [1.82, 2.24) is 10.2 Å². The molecule has 0 aliphatic rings. The quantitative estimate of drug-likeness (QED) is 0.788. The lowest BCUT2D eigenvalue weighted by molar-refractivity contribution is 0.168. The van der Waals surface area contributed by atoms with E-state index in [1.54, 1.807) is 13.0 Å². The molecule has 84 valence electrons. The number of rotatable bonds is 2. The number of nitrogens with one attached hydrogen (secondary N) is 2. The molecule has 1 aromatic rings. The first-order valence-electron chi connectivity index (χ1n) is 4.93. The maximum atomic E-state index is 11.1. The summed E-state index contributed by atoms with van der Waals surface area (Å²) in [4.78, 5) is 11.1. The SMILES string of the molecule is CCOC(=O)Nc1cc(C(C)(C)C)[nH]n1. The lowest BCUT2D eigenvalue weighted by Gasteiger charge is -2.14. The van der Waals surface area contributed by atoms with E-state index < -0.39 is 6.09 Å². The van der Waals surface area contributed by atoms with E-state index in [1.165, 1.54) is 0 Å². The average molecular weight is 211 g/mol. The fraction of sp³-hybridized carbons (Fsp3) is 0.600. The summed E-state index contributed by atoms with van der Waals surface area (Å²) in [5, 5.41) is 9.37. The lowest BCUT2D eigenvalue weighted by Crippen LogP contribution is -2.13. The summed E-state index contributed by atoms with van der Waals surface area (Å²) < 4.78 is 4.74. The molecule has 0 saturated carbocycles. The maximum absolute atomic E-state index is 11.1. The molecule has 0 atom stereocenters. The molecule has 5 heteroatoms. The number of H-pyrrole nitrogens is 1. The summed E-state index contributed by atoms with van der Waals surface area (Å²) in [6.07, 6.45) is -0.482. The molecule has 1 heterocycles. The number of ether oxygens (including phenoxy) is 1. The Balaban J connectivity index is 2.65. The number of nitrogens with zero attached hydrogens (tertiary/aromatic N) is 1. The summed E-state index contributed by atoms with van der Waals surface area (Å²) in [5.74, 6) is 0.485. The Morgan fingerprint density at radius 3 is 2.73 bits per heavy atom. The van der Waals surface area contributed by atoms with Gasteiger partial charge in [0.25, 0.3) is 0 Å². The molecule has 0 bridgehead atoms. The minimum absolute atomic E-state index is 0.0123. The van der Waals surface area contributed by atoms with Crippen LogP contribution in [-0.2, 0) is 10.2 Å². The molecule has 0 spiro atoms. The van der Waals surface area contributed by atoms with Gasteiger partial charge in [-0.3, -0.25) is 10.4 Å². The zero-order valence-corrected chi connectivity index (χ0v) is 9.55. The van der Waals surface area contributed by atoms with E-state index in [2.05, 4.69) is 36.3 Å². The predicted octanol–water partition coefficient (Wildman–Crippen LogP) is 2.28. The van der Waals surface area contributed by atoms with Crippen LogP contribution < -0.4 is 5.32 Å². The molecule has 2 N–H and O–H groups in total. The fourth-order valence-electron chi connectivity index (χ4n) is 1.04. The average Bonchev–Trinajstić information content (AvgIpc) is 2.52. The number of hydrogen-bond donors (Lipinski definition) is 2. The van der Waals surface area contributed by atoms with E-state index in [4.69, 9.17) is 4.74 Å². The van der Waals surface area contributed by atoms with Crippen LogP contribution in [0.1, 0.15) is 33.4 Å². The largest absolute Gasteiger partial charge is 0.450 e. The zero-order valence-electron chi connectivity index (χ0n) is 9.55. The molecule has 0 aliphatic carbocycles. The van der Waals surface area contributed by atoms with Gasteiger partial charge in [0, 0.05) is 17.2 Å². The summed E-state index contributed by atoms with van der Waals surface area (Å²) in [6.45, 7) is 8.30. The van der Waals surface area contributed by atoms with Gasteiger partial charge < -0.3 is 4.74 Å². The predicted molar refractivity (Wildman–Crippen MR) is 57.9 cm³/mol. The second kappa shape index (κ2) is 4.33. The third-order valence-electron chi connectivity index (χ3n) is 1.89. The minimum Gasteiger partial charge on any atom is -0.450 e. The molecule has 15 heavy (non-hydrogen) atoms. The van der Waals surface area contributed by atoms with Crippen LogP contribution in [0.5, 0.6) is 0 Å². The molecule has 1 rings (SSSR count). The van der Waals surface area contributed by atoms with E-state index in [1.807, 2.05) is 0 Å². The van der Waals surface area contributed by atoms with Crippen molar-refractivity contribution in [3.05, 3.63) is 11.8 Å². The van der Waals surface area contributed by atoms with Gasteiger partial charge in [-0.2, -0.15) is 5.10 Å². The number of carbonyl (C=O) groups is 1. The number of hydrogen-bond acceptors (Lipinski definition) is 3. The summed E-state index contributed by atoms with van der Waals surface area (Å²) in [5.41, 5.74) is 0.955. The zero-order chi connectivity index (χ0) is 11.5. The third-order valence-corrected chi connectivity index (χ3v) is 1.89. The van der Waals surface area contributed by atoms with Gasteiger partial charge in [0.2, 0.25) is 0 Å². The number of carbonyl (C=O) groups excluding carboxylic acids is 1. The first-order valence-corrected chi connectivity index (χ1v) is 4.93. The first-order chi connectivity index (χ1) is 6.93. The summed E-state index contributed by atoms with van der Waals surface area (Å²) >= 11 is 0. The Labute approximate surface area is 89.2 Å². The number of amides is 1. The highest BCUT2D eigenvalue weighted by atomic mass is 16.5.